The fourth-order valence-electron chi connectivity index (χ4n) is 10.0. The number of likely N-dealkylation sites (tertiary alicyclic amines) is 1. The van der Waals surface area contributed by atoms with Crippen LogP contribution in [0.3, 0.4) is 0 Å². The van der Waals surface area contributed by atoms with Crippen molar-refractivity contribution in [3.8, 4) is 34.1 Å². The fraction of sp³-hybridized carbons (Fsp3) is 0.472. The number of anilines is 1. The first-order valence-corrected chi connectivity index (χ1v) is 22.8. The molecular weight excluding hydrogens is 743 g/mol. The lowest BCUT2D eigenvalue weighted by molar-refractivity contribution is 0.180. The lowest BCUT2D eigenvalue weighted by Crippen LogP contribution is -2.45. The van der Waals surface area contributed by atoms with Crippen LogP contribution in [-0.4, -0.2) is 58.5 Å². The van der Waals surface area contributed by atoms with E-state index in [0.29, 0.717) is 23.8 Å². The molecule has 0 bridgehead atoms. The molecule has 316 valence electrons. The number of nitrogens with one attached hydrogen (secondary N) is 1. The molecule has 1 atom stereocenters. The third-order valence-electron chi connectivity index (χ3n) is 14.3. The lowest BCUT2D eigenvalue weighted by atomic mass is 9.78. The average molecular weight is 808 g/mol. The SMILES string of the molecule is COc1cc(C2C=C(CN3CCC(N(Cc4ccccc4-c4cc(OC)c(C5CCC5)c(OC)c4)c4ccc(C)c(OCC5CCC5)c4)CC3)C=CN2)cc(C2CC2)c1C. The van der Waals surface area contributed by atoms with Gasteiger partial charge >= 0.3 is 0 Å². The van der Waals surface area contributed by atoms with Crippen LogP contribution in [0.15, 0.2) is 90.7 Å². The first kappa shape index (κ1) is 40.5. The van der Waals surface area contributed by atoms with Crippen LogP contribution in [0.1, 0.15) is 115 Å². The Morgan fingerprint density at radius 3 is 2.13 bits per heavy atom. The summed E-state index contributed by atoms with van der Waals surface area (Å²) in [4.78, 5) is 5.32. The fourth-order valence-corrected chi connectivity index (χ4v) is 10.0. The Morgan fingerprint density at radius 2 is 1.47 bits per heavy atom. The molecule has 3 aliphatic carbocycles. The van der Waals surface area contributed by atoms with Gasteiger partial charge in [0.2, 0.25) is 0 Å². The number of hydrogen-bond donors (Lipinski definition) is 1. The summed E-state index contributed by atoms with van der Waals surface area (Å²) in [5.74, 6) is 5.76. The van der Waals surface area contributed by atoms with Gasteiger partial charge in [-0.25, -0.2) is 0 Å². The minimum Gasteiger partial charge on any atom is -0.496 e. The molecule has 7 heteroatoms. The molecule has 7 nitrogen and oxygen atoms in total. The molecule has 1 saturated heterocycles. The molecule has 2 heterocycles. The number of hydrogen-bond acceptors (Lipinski definition) is 7. The maximum atomic E-state index is 6.55. The van der Waals surface area contributed by atoms with Gasteiger partial charge < -0.3 is 29.2 Å². The van der Waals surface area contributed by atoms with E-state index in [-0.39, 0.29) is 6.04 Å². The first-order valence-electron chi connectivity index (χ1n) is 22.8. The van der Waals surface area contributed by atoms with Crippen LogP contribution in [0.4, 0.5) is 5.69 Å². The van der Waals surface area contributed by atoms with Gasteiger partial charge in [0.25, 0.3) is 0 Å². The Balaban J connectivity index is 0.962. The predicted molar refractivity (Wildman–Crippen MR) is 244 cm³/mol. The van der Waals surface area contributed by atoms with Gasteiger partial charge in [-0.05, 0) is 164 Å². The van der Waals surface area contributed by atoms with Crippen molar-refractivity contribution in [2.75, 3.05) is 52.5 Å². The predicted octanol–water partition coefficient (Wildman–Crippen LogP) is 11.6. The van der Waals surface area contributed by atoms with E-state index < -0.39 is 0 Å². The van der Waals surface area contributed by atoms with Gasteiger partial charge in [0.15, 0.2) is 0 Å². The summed E-state index contributed by atoms with van der Waals surface area (Å²) >= 11 is 0. The van der Waals surface area contributed by atoms with Gasteiger partial charge in [-0.2, -0.15) is 0 Å². The summed E-state index contributed by atoms with van der Waals surface area (Å²) < 4.78 is 24.5. The highest BCUT2D eigenvalue weighted by Crippen LogP contribution is 2.48. The van der Waals surface area contributed by atoms with Crippen LogP contribution < -0.4 is 29.2 Å². The van der Waals surface area contributed by atoms with E-state index in [1.807, 2.05) is 0 Å². The van der Waals surface area contributed by atoms with Crippen molar-refractivity contribution in [3.63, 3.8) is 0 Å². The molecule has 2 aliphatic heterocycles. The molecule has 1 N–H and O–H groups in total. The largest absolute Gasteiger partial charge is 0.496 e. The number of dihydropyridines is 1. The summed E-state index contributed by atoms with van der Waals surface area (Å²) in [6.45, 7) is 9.04. The van der Waals surface area contributed by atoms with Gasteiger partial charge in [0, 0.05) is 49.5 Å². The van der Waals surface area contributed by atoms with Crippen LogP contribution in [0.5, 0.6) is 23.0 Å². The van der Waals surface area contributed by atoms with Crippen molar-refractivity contribution in [1.82, 2.24) is 10.2 Å². The Kier molecular flexibility index (Phi) is 12.2. The Bertz CT molecular complexity index is 2180. The Hall–Kier alpha value is -4.88. The molecule has 4 fully saturated rings. The second-order valence-corrected chi connectivity index (χ2v) is 18.2. The summed E-state index contributed by atoms with van der Waals surface area (Å²) in [6, 6.07) is 25.5. The van der Waals surface area contributed by atoms with E-state index in [1.54, 1.807) is 21.3 Å². The van der Waals surface area contributed by atoms with Gasteiger partial charge in [-0.3, -0.25) is 4.90 Å². The quantitative estimate of drug-likeness (QED) is 0.121. The molecule has 3 saturated carbocycles. The van der Waals surface area contributed by atoms with E-state index in [0.717, 1.165) is 74.2 Å². The smallest absolute Gasteiger partial charge is 0.126 e. The molecule has 0 aromatic heterocycles. The van der Waals surface area contributed by atoms with Gasteiger partial charge in [0.1, 0.15) is 23.0 Å². The lowest BCUT2D eigenvalue weighted by Gasteiger charge is -2.41. The van der Waals surface area contributed by atoms with Crippen LogP contribution in [0.25, 0.3) is 11.1 Å². The van der Waals surface area contributed by atoms with Gasteiger partial charge in [-0.15, -0.1) is 0 Å². The van der Waals surface area contributed by atoms with Crippen LogP contribution in [0.2, 0.25) is 0 Å². The molecule has 60 heavy (non-hydrogen) atoms. The second-order valence-electron chi connectivity index (χ2n) is 18.2. The summed E-state index contributed by atoms with van der Waals surface area (Å²) in [5.41, 5.74) is 12.7. The molecule has 9 rings (SSSR count). The minimum absolute atomic E-state index is 0.140. The van der Waals surface area contributed by atoms with Gasteiger partial charge in [0.05, 0.1) is 34.0 Å². The normalized spacial score (nSPS) is 19.8. The number of aryl methyl sites for hydroxylation is 1. The van der Waals surface area contributed by atoms with Crippen molar-refractivity contribution >= 4 is 5.69 Å². The molecule has 4 aromatic carbocycles. The van der Waals surface area contributed by atoms with Crippen molar-refractivity contribution in [2.24, 2.45) is 5.92 Å². The highest BCUT2D eigenvalue weighted by atomic mass is 16.5. The van der Waals surface area contributed by atoms with Crippen LogP contribution in [0, 0.1) is 19.8 Å². The number of ether oxygens (including phenoxy) is 4. The maximum Gasteiger partial charge on any atom is 0.126 e. The van der Waals surface area contributed by atoms with E-state index in [2.05, 4.69) is 114 Å². The van der Waals surface area contributed by atoms with Crippen molar-refractivity contribution in [3.05, 3.63) is 124 Å². The summed E-state index contributed by atoms with van der Waals surface area (Å²) in [6.07, 6.45) is 19.1. The molecule has 0 amide bonds. The zero-order valence-corrected chi connectivity index (χ0v) is 36.6. The van der Waals surface area contributed by atoms with Crippen LogP contribution in [-0.2, 0) is 6.54 Å². The third-order valence-corrected chi connectivity index (χ3v) is 14.3. The van der Waals surface area contributed by atoms with E-state index >= 15 is 0 Å². The van der Waals surface area contributed by atoms with E-state index in [1.165, 1.54) is 102 Å². The standard InChI is InChI=1S/C53H65N3O4/c1-35-16-19-45(31-49(35)60-34-37-10-8-11-37)56(33-41-12-6-7-15-46(41)42-28-51(58-4)53(40-13-9-14-40)52(29-42)59-5)44-21-24-55(25-22-44)32-38-20-23-54-48(26-38)43-27-47(39-17-18-39)36(2)50(30-43)57-3/h6-7,12,15-16,19-20,23,26-31,37,39-40,44,48,54H,8-11,13-14,17-18,21-22,24-25,32-34H2,1-5H3. The zero-order valence-electron chi connectivity index (χ0n) is 36.6. The zero-order chi connectivity index (χ0) is 41.2. The number of piperidine rings is 1. The number of benzene rings is 4. The molecule has 5 aliphatic rings. The van der Waals surface area contributed by atoms with Crippen molar-refractivity contribution in [2.45, 2.75) is 109 Å². The minimum atomic E-state index is 0.140. The Morgan fingerprint density at radius 1 is 0.733 bits per heavy atom. The number of methoxy groups -OCH3 is 3. The molecular formula is C53H65N3O4. The highest BCUT2D eigenvalue weighted by Gasteiger charge is 2.31. The first-order chi connectivity index (χ1) is 29.4. The van der Waals surface area contributed by atoms with Crippen molar-refractivity contribution < 1.29 is 18.9 Å². The number of rotatable bonds is 16. The highest BCUT2D eigenvalue weighted by molar-refractivity contribution is 5.73. The molecule has 1 unspecified atom stereocenters. The van der Waals surface area contributed by atoms with E-state index in [4.69, 9.17) is 18.9 Å². The molecule has 0 radical (unpaired) electrons. The number of nitrogens with zero attached hydrogens (tertiary/aromatic N) is 2. The topological polar surface area (TPSA) is 55.4 Å². The average Bonchev–Trinajstić information content (AvgIpc) is 4.09. The van der Waals surface area contributed by atoms with Crippen molar-refractivity contribution in [1.29, 1.82) is 0 Å². The Labute approximate surface area is 358 Å². The maximum absolute atomic E-state index is 6.55. The van der Waals surface area contributed by atoms with Crippen LogP contribution >= 0.6 is 0 Å². The monoisotopic (exact) mass is 807 g/mol. The summed E-state index contributed by atoms with van der Waals surface area (Å²) in [5, 5.41) is 3.63. The van der Waals surface area contributed by atoms with E-state index in [9.17, 15) is 0 Å². The second kappa shape index (κ2) is 18.0. The summed E-state index contributed by atoms with van der Waals surface area (Å²) in [7, 11) is 5.39. The third kappa shape index (κ3) is 8.66. The molecule has 4 aromatic rings. The molecule has 0 spiro atoms. The van der Waals surface area contributed by atoms with Gasteiger partial charge in [-0.1, -0.05) is 55.3 Å².